The van der Waals surface area contributed by atoms with Gasteiger partial charge < -0.3 is 25.0 Å². The Balaban J connectivity index is 1.35. The van der Waals surface area contributed by atoms with Gasteiger partial charge in [0.2, 0.25) is 11.8 Å². The first-order chi connectivity index (χ1) is 32.4. The zero-order chi connectivity index (χ0) is 49.9. The average molecular weight is 963 g/mol. The Morgan fingerprint density at radius 2 is 1.66 bits per heavy atom. The number of nitrogens with zero attached hydrogens (tertiary/aromatic N) is 4. The smallest absolute Gasteiger partial charge is 0.303 e. The number of aromatic nitrogens is 1. The molecule has 2 aliphatic heterocycles. The maximum absolute atomic E-state index is 14.4. The van der Waals surface area contributed by atoms with Crippen molar-refractivity contribution in [2.75, 3.05) is 46.9 Å². The van der Waals surface area contributed by atoms with Crippen LogP contribution in [-0.2, 0) is 49.5 Å². The van der Waals surface area contributed by atoms with Gasteiger partial charge in [0.15, 0.2) is 11.9 Å². The van der Waals surface area contributed by atoms with Gasteiger partial charge in [-0.2, -0.15) is 0 Å². The lowest BCUT2D eigenvalue weighted by Gasteiger charge is -2.37. The van der Waals surface area contributed by atoms with E-state index in [1.807, 2.05) is 65.1 Å². The molecule has 1 fully saturated rings. The standard InChI is InChI=1S/C51H74N6O10S/c1-9-34(4)40(30-44(60)42-19-13-14-24-55(42)7)51(65)56(8)43(33(2)3)31-45(67-36(6)58)50-54-41(32-68-50)49(64)53-38(29-37-16-11-10-12-17-37)28-35(5)48(63)52-23-15-18-39(59)22-26-66-27-25-57-46(61)20-21-47(57)62/h10-12,16-17,20-21,32-35,38,40,42-43,45H,9,13-15,18-19,22-31H2,1-8H3,(H,52,63)(H,53,64)/t34-,35-,38+,40-,42+,43+,45+/m0/s1. The zero-order valence-corrected chi connectivity index (χ0v) is 42.1. The molecular weight excluding hydrogens is 889 g/mol. The maximum atomic E-state index is 14.4. The third kappa shape index (κ3) is 17.1. The van der Waals surface area contributed by atoms with Crippen molar-refractivity contribution in [2.45, 2.75) is 136 Å². The highest BCUT2D eigenvalue weighted by Crippen LogP contribution is 2.33. The molecule has 2 N–H and O–H groups in total. The van der Waals surface area contributed by atoms with Crippen LogP contribution in [0, 0.1) is 23.7 Å². The van der Waals surface area contributed by atoms with Crippen LogP contribution in [-0.4, -0.2) is 132 Å². The highest BCUT2D eigenvalue weighted by molar-refractivity contribution is 7.09. The van der Waals surface area contributed by atoms with Gasteiger partial charge in [-0.3, -0.25) is 48.2 Å². The number of amides is 5. The molecule has 0 unspecified atom stereocenters. The largest absolute Gasteiger partial charge is 0.455 e. The van der Waals surface area contributed by atoms with E-state index in [4.69, 9.17) is 9.47 Å². The summed E-state index contributed by atoms with van der Waals surface area (Å²) < 4.78 is 11.3. The number of ether oxygens (including phenoxy) is 2. The van der Waals surface area contributed by atoms with Crippen molar-refractivity contribution in [1.82, 2.24) is 30.3 Å². The minimum absolute atomic E-state index is 0.0243. The molecule has 2 aliphatic rings. The van der Waals surface area contributed by atoms with Crippen molar-refractivity contribution in [3.8, 4) is 0 Å². The molecule has 4 rings (SSSR count). The van der Waals surface area contributed by atoms with Gasteiger partial charge in [0.25, 0.3) is 17.7 Å². The van der Waals surface area contributed by atoms with E-state index in [2.05, 4.69) is 20.5 Å². The van der Waals surface area contributed by atoms with Gasteiger partial charge in [0, 0.05) is 87.7 Å². The average Bonchev–Trinajstić information content (AvgIpc) is 3.93. The molecule has 3 heterocycles. The predicted molar refractivity (Wildman–Crippen MR) is 259 cm³/mol. The Morgan fingerprint density at radius 3 is 2.31 bits per heavy atom. The number of piperidine rings is 1. The molecule has 1 aromatic carbocycles. The first-order valence-corrected chi connectivity index (χ1v) is 25.2. The van der Waals surface area contributed by atoms with Crippen molar-refractivity contribution in [3.63, 3.8) is 0 Å². The van der Waals surface area contributed by atoms with E-state index in [1.54, 1.807) is 24.3 Å². The van der Waals surface area contributed by atoms with Gasteiger partial charge in [-0.05, 0) is 63.1 Å². The predicted octanol–water partition coefficient (Wildman–Crippen LogP) is 5.89. The van der Waals surface area contributed by atoms with Crippen LogP contribution in [0.2, 0.25) is 0 Å². The molecule has 68 heavy (non-hydrogen) atoms. The number of nitrogens with one attached hydrogen (secondary N) is 2. The molecule has 0 spiro atoms. The zero-order valence-electron chi connectivity index (χ0n) is 41.3. The van der Waals surface area contributed by atoms with E-state index < -0.39 is 35.9 Å². The van der Waals surface area contributed by atoms with Crippen LogP contribution >= 0.6 is 11.3 Å². The van der Waals surface area contributed by atoms with Crippen molar-refractivity contribution in [2.24, 2.45) is 23.7 Å². The second kappa shape index (κ2) is 27.8. The minimum Gasteiger partial charge on any atom is -0.455 e. The highest BCUT2D eigenvalue weighted by atomic mass is 32.1. The van der Waals surface area contributed by atoms with Crippen LogP contribution in [0.3, 0.4) is 0 Å². The summed E-state index contributed by atoms with van der Waals surface area (Å²) in [5.41, 5.74) is 1.10. The Bertz CT molecular complexity index is 2040. The number of carbonyl (C=O) groups excluding carboxylic acids is 8. The van der Waals surface area contributed by atoms with Gasteiger partial charge in [0.05, 0.1) is 25.8 Å². The SMILES string of the molecule is CC[C@H](C)[C@H](CC(=O)[C@H]1CCCCN1C)C(=O)N(C)[C@H](C[C@@H](OC(C)=O)c1nc(C(=O)N[C@@H](Cc2ccccc2)C[C@H](C)C(=O)NCCCC(=O)CCOCCN2C(=O)C=CC2=O)cs1)C(C)C. The van der Waals surface area contributed by atoms with Crippen molar-refractivity contribution in [3.05, 3.63) is 64.1 Å². The number of Topliss-reactive ketones (excluding diaryl/α,β-unsaturated/α-hetero) is 2. The quantitative estimate of drug-likeness (QED) is 0.0557. The number of thiazole rings is 1. The van der Waals surface area contributed by atoms with E-state index in [0.717, 1.165) is 42.7 Å². The molecule has 374 valence electrons. The highest BCUT2D eigenvalue weighted by Gasteiger charge is 2.38. The number of likely N-dealkylation sites (tertiary alicyclic amines) is 1. The summed E-state index contributed by atoms with van der Waals surface area (Å²) >= 11 is 1.19. The molecule has 0 radical (unpaired) electrons. The lowest BCUT2D eigenvalue weighted by atomic mass is 9.83. The Morgan fingerprint density at radius 1 is 0.956 bits per heavy atom. The molecule has 2 aromatic rings. The van der Waals surface area contributed by atoms with Crippen molar-refractivity contribution >= 4 is 58.4 Å². The van der Waals surface area contributed by atoms with Crippen molar-refractivity contribution in [1.29, 1.82) is 0 Å². The maximum Gasteiger partial charge on any atom is 0.303 e. The molecule has 1 aromatic heterocycles. The monoisotopic (exact) mass is 963 g/mol. The molecular formula is C51H74N6O10S. The number of hydrogen-bond donors (Lipinski definition) is 2. The summed E-state index contributed by atoms with van der Waals surface area (Å²) in [6.07, 6.45) is 7.19. The third-order valence-electron chi connectivity index (χ3n) is 13.2. The lowest BCUT2D eigenvalue weighted by molar-refractivity contribution is -0.149. The molecule has 5 amide bonds. The summed E-state index contributed by atoms with van der Waals surface area (Å²) in [6, 6.07) is 8.61. The van der Waals surface area contributed by atoms with E-state index in [9.17, 15) is 38.4 Å². The third-order valence-corrected chi connectivity index (χ3v) is 14.1. The normalized spacial score (nSPS) is 17.8. The molecule has 1 saturated heterocycles. The number of benzene rings is 1. The summed E-state index contributed by atoms with van der Waals surface area (Å²) in [6.45, 7) is 12.7. The summed E-state index contributed by atoms with van der Waals surface area (Å²) in [4.78, 5) is 113. The van der Waals surface area contributed by atoms with Crippen LogP contribution in [0.15, 0.2) is 47.9 Å². The number of carbonyl (C=O) groups is 8. The molecule has 17 heteroatoms. The first-order valence-electron chi connectivity index (χ1n) is 24.3. The molecule has 0 saturated carbocycles. The van der Waals surface area contributed by atoms with E-state index in [-0.39, 0.29) is 110 Å². The number of esters is 1. The summed E-state index contributed by atoms with van der Waals surface area (Å²) in [5, 5.41) is 8.03. The van der Waals surface area contributed by atoms with E-state index >= 15 is 0 Å². The fraction of sp³-hybridized carbons (Fsp3) is 0.627. The fourth-order valence-electron chi connectivity index (χ4n) is 8.89. The van der Waals surface area contributed by atoms with Crippen LogP contribution in [0.4, 0.5) is 0 Å². The van der Waals surface area contributed by atoms with Crippen LogP contribution in [0.5, 0.6) is 0 Å². The first kappa shape index (κ1) is 55.5. The Kier molecular flexibility index (Phi) is 22.6. The Labute approximate surface area is 406 Å². The second-order valence-electron chi connectivity index (χ2n) is 18.8. The van der Waals surface area contributed by atoms with Crippen LogP contribution < -0.4 is 10.6 Å². The van der Waals surface area contributed by atoms with Crippen LogP contribution in [0.1, 0.15) is 133 Å². The fourth-order valence-corrected chi connectivity index (χ4v) is 9.73. The van der Waals surface area contributed by atoms with Crippen molar-refractivity contribution < 1.29 is 47.8 Å². The van der Waals surface area contributed by atoms with Gasteiger partial charge in [-0.25, -0.2) is 4.98 Å². The number of likely N-dealkylation sites (N-methyl/N-ethyl adjacent to an activating group) is 1. The van der Waals surface area contributed by atoms with Gasteiger partial charge >= 0.3 is 5.97 Å². The topological polar surface area (TPSA) is 202 Å². The Hall–Kier alpha value is -5.13. The summed E-state index contributed by atoms with van der Waals surface area (Å²) in [7, 11) is 3.73. The molecule has 7 atom stereocenters. The number of imide groups is 1. The van der Waals surface area contributed by atoms with Gasteiger partial charge in [-0.1, -0.05) is 77.8 Å². The number of hydrogen-bond acceptors (Lipinski definition) is 13. The molecule has 0 aliphatic carbocycles. The number of rotatable bonds is 29. The summed E-state index contributed by atoms with van der Waals surface area (Å²) in [5.74, 6) is -3.06. The molecule has 16 nitrogen and oxygen atoms in total. The van der Waals surface area contributed by atoms with Crippen LogP contribution in [0.25, 0.3) is 0 Å². The minimum atomic E-state index is -0.850. The van der Waals surface area contributed by atoms with Gasteiger partial charge in [0.1, 0.15) is 16.5 Å². The van der Waals surface area contributed by atoms with E-state index in [0.29, 0.717) is 30.8 Å². The van der Waals surface area contributed by atoms with E-state index in [1.165, 1.54) is 30.4 Å². The lowest BCUT2D eigenvalue weighted by Crippen LogP contribution is -2.48. The number of ketones is 2. The molecule has 0 bridgehead atoms. The van der Waals surface area contributed by atoms with Gasteiger partial charge in [-0.15, -0.1) is 11.3 Å². The second-order valence-corrected chi connectivity index (χ2v) is 19.7.